The first-order chi connectivity index (χ1) is 6.66. The molecule has 4 heteroatoms. The Balaban J connectivity index is 2.68. The van der Waals surface area contributed by atoms with Gasteiger partial charge in [0.15, 0.2) is 0 Å². The van der Waals surface area contributed by atoms with Gasteiger partial charge in [-0.25, -0.2) is 0 Å². The molecule has 72 valence electrons. The second-order valence-corrected chi connectivity index (χ2v) is 3.05. The highest BCUT2D eigenvalue weighted by molar-refractivity contribution is 6.52. The van der Waals surface area contributed by atoms with E-state index in [1.807, 2.05) is 0 Å². The average molecular weight is 191 g/mol. The largest absolute Gasteiger partial charge is 0.495 e. The minimum absolute atomic E-state index is 0.414. The van der Waals surface area contributed by atoms with Gasteiger partial charge in [0.2, 0.25) is 0 Å². The van der Waals surface area contributed by atoms with Gasteiger partial charge in [-0.2, -0.15) is 0 Å². The molecule has 0 fully saturated rings. The quantitative estimate of drug-likeness (QED) is 0.618. The Kier molecular flexibility index (Phi) is 1.77. The molecule has 2 rings (SSSR count). The van der Waals surface area contributed by atoms with Gasteiger partial charge in [0.1, 0.15) is 5.75 Å². The number of hydrogen-bond donors (Lipinski definition) is 0. The number of likely N-dealkylation sites (N-methyl/N-ethyl adjacent to an activating group) is 1. The minimum atomic E-state index is -0.510. The van der Waals surface area contributed by atoms with Crippen LogP contribution in [-0.4, -0.2) is 25.8 Å². The predicted molar refractivity (Wildman–Crippen MR) is 50.7 cm³/mol. The molecule has 1 aliphatic heterocycles. The number of methoxy groups -OCH3 is 1. The number of benzene rings is 1. The van der Waals surface area contributed by atoms with E-state index in [2.05, 4.69) is 0 Å². The van der Waals surface area contributed by atoms with E-state index < -0.39 is 11.7 Å². The zero-order chi connectivity index (χ0) is 10.3. The molecular formula is C10H9NO3. The Hall–Kier alpha value is -1.84. The Morgan fingerprint density at radius 1 is 1.29 bits per heavy atom. The second-order valence-electron chi connectivity index (χ2n) is 3.05. The van der Waals surface area contributed by atoms with Gasteiger partial charge < -0.3 is 9.64 Å². The van der Waals surface area contributed by atoms with Gasteiger partial charge >= 0.3 is 0 Å². The molecule has 0 radical (unpaired) electrons. The number of para-hydroxylation sites is 1. The molecule has 0 atom stereocenters. The lowest BCUT2D eigenvalue weighted by Crippen LogP contribution is -2.25. The van der Waals surface area contributed by atoms with E-state index in [1.165, 1.54) is 12.0 Å². The van der Waals surface area contributed by atoms with Crippen molar-refractivity contribution >= 4 is 17.4 Å². The Morgan fingerprint density at radius 3 is 2.64 bits per heavy atom. The van der Waals surface area contributed by atoms with Crippen LogP contribution in [0.25, 0.3) is 0 Å². The molecule has 0 aromatic heterocycles. The first kappa shape index (κ1) is 8.74. The lowest BCUT2D eigenvalue weighted by molar-refractivity contribution is -0.114. The van der Waals surface area contributed by atoms with Crippen LogP contribution in [0.4, 0.5) is 5.69 Å². The Labute approximate surface area is 81.1 Å². The number of nitrogens with zero attached hydrogens (tertiary/aromatic N) is 1. The third-order valence-corrected chi connectivity index (χ3v) is 2.30. The summed E-state index contributed by atoms with van der Waals surface area (Å²) in [7, 11) is 3.07. The maximum Gasteiger partial charge on any atom is 0.299 e. The zero-order valence-electron chi connectivity index (χ0n) is 7.90. The normalized spacial score (nSPS) is 14.6. The predicted octanol–water partition coefficient (Wildman–Crippen LogP) is 0.854. The highest BCUT2D eigenvalue weighted by atomic mass is 16.5. The smallest absolute Gasteiger partial charge is 0.299 e. The highest BCUT2D eigenvalue weighted by Crippen LogP contribution is 2.36. The lowest BCUT2D eigenvalue weighted by Gasteiger charge is -2.12. The fourth-order valence-electron chi connectivity index (χ4n) is 1.59. The van der Waals surface area contributed by atoms with Crippen molar-refractivity contribution in [2.24, 2.45) is 0 Å². The van der Waals surface area contributed by atoms with Crippen molar-refractivity contribution in [3.63, 3.8) is 0 Å². The maximum absolute atomic E-state index is 11.4. The molecule has 1 aromatic carbocycles. The number of ketones is 1. The molecule has 0 aliphatic carbocycles. The van der Waals surface area contributed by atoms with Gasteiger partial charge in [-0.15, -0.1) is 0 Å². The summed E-state index contributed by atoms with van der Waals surface area (Å²) in [6.45, 7) is 0. The molecule has 4 nitrogen and oxygen atoms in total. The average Bonchev–Trinajstić information content (AvgIpc) is 2.44. The van der Waals surface area contributed by atoms with Crippen LogP contribution in [0.15, 0.2) is 18.2 Å². The summed E-state index contributed by atoms with van der Waals surface area (Å²) >= 11 is 0. The second kappa shape index (κ2) is 2.83. The summed E-state index contributed by atoms with van der Waals surface area (Å²) in [6, 6.07) is 5.05. The topological polar surface area (TPSA) is 46.6 Å². The number of ether oxygens (including phenoxy) is 1. The molecular weight excluding hydrogens is 182 g/mol. The third-order valence-electron chi connectivity index (χ3n) is 2.30. The summed E-state index contributed by atoms with van der Waals surface area (Å²) in [5, 5.41) is 0. The molecule has 0 bridgehead atoms. The van der Waals surface area contributed by atoms with Crippen LogP contribution in [-0.2, 0) is 4.79 Å². The Bertz CT molecular complexity index is 425. The van der Waals surface area contributed by atoms with Crippen LogP contribution in [0.5, 0.6) is 5.75 Å². The van der Waals surface area contributed by atoms with Crippen molar-refractivity contribution in [3.05, 3.63) is 23.8 Å². The number of amides is 1. The summed E-state index contributed by atoms with van der Waals surface area (Å²) in [4.78, 5) is 24.1. The van der Waals surface area contributed by atoms with Gasteiger partial charge in [-0.05, 0) is 12.1 Å². The number of fused-ring (bicyclic) bond motifs is 1. The first-order valence-corrected chi connectivity index (χ1v) is 4.16. The van der Waals surface area contributed by atoms with Crippen molar-refractivity contribution in [1.29, 1.82) is 0 Å². The van der Waals surface area contributed by atoms with Crippen LogP contribution in [0.3, 0.4) is 0 Å². The van der Waals surface area contributed by atoms with Crippen LogP contribution < -0.4 is 9.64 Å². The molecule has 0 saturated carbocycles. The number of carbonyl (C=O) groups is 2. The maximum atomic E-state index is 11.4. The van der Waals surface area contributed by atoms with E-state index in [1.54, 1.807) is 25.2 Å². The molecule has 0 saturated heterocycles. The van der Waals surface area contributed by atoms with Crippen LogP contribution in [0, 0.1) is 0 Å². The van der Waals surface area contributed by atoms with Crippen molar-refractivity contribution in [3.8, 4) is 5.75 Å². The van der Waals surface area contributed by atoms with E-state index in [0.717, 1.165) is 0 Å². The summed E-state index contributed by atoms with van der Waals surface area (Å²) in [5.74, 6) is -0.435. The number of Topliss-reactive ketones (excluding diaryl/α,β-unsaturated/α-hetero) is 1. The lowest BCUT2D eigenvalue weighted by atomic mass is 10.1. The van der Waals surface area contributed by atoms with E-state index in [0.29, 0.717) is 17.0 Å². The molecule has 0 N–H and O–H groups in total. The highest BCUT2D eigenvalue weighted by Gasteiger charge is 2.35. The monoisotopic (exact) mass is 191 g/mol. The van der Waals surface area contributed by atoms with Crippen LogP contribution >= 0.6 is 0 Å². The van der Waals surface area contributed by atoms with Gasteiger partial charge in [0.25, 0.3) is 11.7 Å². The molecule has 1 aromatic rings. The van der Waals surface area contributed by atoms with E-state index >= 15 is 0 Å². The summed E-state index contributed by atoms with van der Waals surface area (Å²) in [5.41, 5.74) is 0.974. The minimum Gasteiger partial charge on any atom is -0.495 e. The number of anilines is 1. The molecule has 0 spiro atoms. The molecule has 1 heterocycles. The molecule has 1 amide bonds. The van der Waals surface area contributed by atoms with Gasteiger partial charge in [-0.1, -0.05) is 6.07 Å². The standard InChI is InChI=1S/C10H9NO3/c1-11-8-6(9(12)10(11)13)4-3-5-7(8)14-2/h3-5H,1-2H3. The van der Waals surface area contributed by atoms with Gasteiger partial charge in [-0.3, -0.25) is 9.59 Å². The summed E-state index contributed by atoms with van der Waals surface area (Å²) < 4.78 is 5.08. The van der Waals surface area contributed by atoms with Crippen molar-refractivity contribution < 1.29 is 14.3 Å². The number of hydrogen-bond acceptors (Lipinski definition) is 3. The third kappa shape index (κ3) is 0.937. The van der Waals surface area contributed by atoms with E-state index in [-0.39, 0.29) is 0 Å². The molecule has 1 aliphatic rings. The van der Waals surface area contributed by atoms with Crippen molar-refractivity contribution in [2.45, 2.75) is 0 Å². The number of carbonyl (C=O) groups excluding carboxylic acids is 2. The number of rotatable bonds is 1. The van der Waals surface area contributed by atoms with Crippen LogP contribution in [0.1, 0.15) is 10.4 Å². The molecule has 14 heavy (non-hydrogen) atoms. The molecule has 0 unspecified atom stereocenters. The fourth-order valence-corrected chi connectivity index (χ4v) is 1.59. The zero-order valence-corrected chi connectivity index (χ0v) is 7.90. The fraction of sp³-hybridized carbons (Fsp3) is 0.200. The Morgan fingerprint density at radius 2 is 2.00 bits per heavy atom. The van der Waals surface area contributed by atoms with Crippen molar-refractivity contribution in [2.75, 3.05) is 19.1 Å². The SMILES string of the molecule is COc1cccc2c1N(C)C(=O)C2=O. The van der Waals surface area contributed by atoms with E-state index in [4.69, 9.17) is 4.74 Å². The first-order valence-electron chi connectivity index (χ1n) is 4.16. The van der Waals surface area contributed by atoms with Gasteiger partial charge in [0, 0.05) is 7.05 Å². The van der Waals surface area contributed by atoms with Crippen molar-refractivity contribution in [1.82, 2.24) is 0 Å². The van der Waals surface area contributed by atoms with Gasteiger partial charge in [0.05, 0.1) is 18.4 Å². The van der Waals surface area contributed by atoms with Crippen LogP contribution in [0.2, 0.25) is 0 Å². The summed E-state index contributed by atoms with van der Waals surface area (Å²) in [6.07, 6.45) is 0. The van der Waals surface area contributed by atoms with E-state index in [9.17, 15) is 9.59 Å².